The van der Waals surface area contributed by atoms with Crippen molar-refractivity contribution in [1.82, 2.24) is 5.16 Å². The highest BCUT2D eigenvalue weighted by Crippen LogP contribution is 2.31. The van der Waals surface area contributed by atoms with E-state index in [2.05, 4.69) is 19.0 Å². The number of hydrogen-bond donors (Lipinski definition) is 1. The average molecular weight is 196 g/mol. The van der Waals surface area contributed by atoms with Gasteiger partial charge in [-0.3, -0.25) is 0 Å². The quantitative estimate of drug-likeness (QED) is 0.803. The SMILES string of the molecule is CC(C)Cc1noc2cc(N)sc12. The van der Waals surface area contributed by atoms with Gasteiger partial charge in [0.2, 0.25) is 0 Å². The third kappa shape index (κ3) is 1.54. The van der Waals surface area contributed by atoms with Gasteiger partial charge in [-0.1, -0.05) is 19.0 Å². The molecule has 0 aliphatic rings. The Kier molecular flexibility index (Phi) is 2.00. The highest BCUT2D eigenvalue weighted by molar-refractivity contribution is 7.22. The van der Waals surface area contributed by atoms with E-state index >= 15 is 0 Å². The maximum absolute atomic E-state index is 5.67. The molecule has 13 heavy (non-hydrogen) atoms. The molecule has 0 saturated heterocycles. The van der Waals surface area contributed by atoms with Gasteiger partial charge in [0.25, 0.3) is 0 Å². The third-order valence-electron chi connectivity index (χ3n) is 1.83. The zero-order valence-corrected chi connectivity index (χ0v) is 8.52. The number of anilines is 1. The van der Waals surface area contributed by atoms with Gasteiger partial charge in [-0.2, -0.15) is 0 Å². The second kappa shape index (κ2) is 3.03. The van der Waals surface area contributed by atoms with Crippen molar-refractivity contribution in [3.05, 3.63) is 11.8 Å². The third-order valence-corrected chi connectivity index (χ3v) is 2.83. The molecule has 0 amide bonds. The van der Waals surface area contributed by atoms with E-state index < -0.39 is 0 Å². The molecule has 70 valence electrons. The van der Waals surface area contributed by atoms with Gasteiger partial charge >= 0.3 is 0 Å². The Balaban J connectivity index is 2.44. The van der Waals surface area contributed by atoms with Crippen molar-refractivity contribution in [2.75, 3.05) is 5.73 Å². The maximum Gasteiger partial charge on any atom is 0.180 e. The number of nitrogen functional groups attached to an aromatic ring is 1. The van der Waals surface area contributed by atoms with E-state index in [1.54, 1.807) is 11.3 Å². The van der Waals surface area contributed by atoms with Crippen molar-refractivity contribution in [2.45, 2.75) is 20.3 Å². The van der Waals surface area contributed by atoms with Crippen LogP contribution < -0.4 is 5.73 Å². The summed E-state index contributed by atoms with van der Waals surface area (Å²) < 4.78 is 6.25. The molecule has 3 nitrogen and oxygen atoms in total. The summed E-state index contributed by atoms with van der Waals surface area (Å²) in [6, 6.07) is 1.83. The van der Waals surface area contributed by atoms with Crippen LogP contribution in [0.5, 0.6) is 0 Å². The molecular formula is C9H12N2OS. The minimum atomic E-state index is 0.594. The van der Waals surface area contributed by atoms with Crippen LogP contribution in [0.25, 0.3) is 10.3 Å². The summed E-state index contributed by atoms with van der Waals surface area (Å²) in [5.74, 6) is 0.594. The first-order chi connectivity index (χ1) is 6.16. The molecular weight excluding hydrogens is 184 g/mol. The summed E-state index contributed by atoms with van der Waals surface area (Å²) in [7, 11) is 0. The monoisotopic (exact) mass is 196 g/mol. The molecule has 0 unspecified atom stereocenters. The standard InChI is InChI=1S/C9H12N2OS/c1-5(2)3-6-9-7(12-11-6)4-8(10)13-9/h4-5H,3,10H2,1-2H3. The summed E-state index contributed by atoms with van der Waals surface area (Å²) in [6.07, 6.45) is 0.951. The molecule has 2 rings (SSSR count). The van der Waals surface area contributed by atoms with Crippen LogP contribution in [0.15, 0.2) is 10.6 Å². The van der Waals surface area contributed by atoms with E-state index in [0.717, 1.165) is 27.4 Å². The molecule has 2 aromatic heterocycles. The molecule has 2 heterocycles. The van der Waals surface area contributed by atoms with Crippen LogP contribution in [0.1, 0.15) is 19.5 Å². The zero-order chi connectivity index (χ0) is 9.42. The Labute approximate surface area is 80.5 Å². The van der Waals surface area contributed by atoms with E-state index in [1.165, 1.54) is 0 Å². The van der Waals surface area contributed by atoms with Gasteiger partial charge in [-0.05, 0) is 12.3 Å². The van der Waals surface area contributed by atoms with Crippen LogP contribution in [0.3, 0.4) is 0 Å². The molecule has 2 N–H and O–H groups in total. The van der Waals surface area contributed by atoms with E-state index in [0.29, 0.717) is 5.92 Å². The first-order valence-electron chi connectivity index (χ1n) is 4.30. The lowest BCUT2D eigenvalue weighted by atomic mass is 10.1. The van der Waals surface area contributed by atoms with Gasteiger partial charge in [0.15, 0.2) is 5.58 Å². The number of nitrogens with two attached hydrogens (primary N) is 1. The highest BCUT2D eigenvalue weighted by Gasteiger charge is 2.12. The Hall–Kier alpha value is -1.03. The van der Waals surface area contributed by atoms with Crippen LogP contribution in [0, 0.1) is 5.92 Å². The van der Waals surface area contributed by atoms with Crippen LogP contribution in [0.4, 0.5) is 5.00 Å². The van der Waals surface area contributed by atoms with Crippen molar-refractivity contribution in [3.8, 4) is 0 Å². The smallest absolute Gasteiger partial charge is 0.180 e. The molecule has 0 aliphatic heterocycles. The second-order valence-electron chi connectivity index (χ2n) is 3.57. The Morgan fingerprint density at radius 2 is 2.38 bits per heavy atom. The summed E-state index contributed by atoms with van der Waals surface area (Å²) in [5.41, 5.74) is 7.52. The molecule has 0 aliphatic carbocycles. The number of aromatic nitrogens is 1. The van der Waals surface area contributed by atoms with Crippen LogP contribution in [0.2, 0.25) is 0 Å². The molecule has 0 aromatic carbocycles. The van der Waals surface area contributed by atoms with Crippen molar-refractivity contribution in [2.24, 2.45) is 5.92 Å². The van der Waals surface area contributed by atoms with Crippen molar-refractivity contribution >= 4 is 26.6 Å². The van der Waals surface area contributed by atoms with Gasteiger partial charge in [0.05, 0.1) is 9.70 Å². The van der Waals surface area contributed by atoms with Gasteiger partial charge in [0, 0.05) is 6.07 Å². The average Bonchev–Trinajstić information content (AvgIpc) is 2.51. The van der Waals surface area contributed by atoms with Crippen LogP contribution >= 0.6 is 11.3 Å². The Bertz CT molecular complexity index is 416. The molecule has 0 spiro atoms. The number of thiophene rings is 1. The lowest BCUT2D eigenvalue weighted by Crippen LogP contribution is -1.93. The topological polar surface area (TPSA) is 52.0 Å². The predicted molar refractivity (Wildman–Crippen MR) is 54.8 cm³/mol. The lowest BCUT2D eigenvalue weighted by Gasteiger charge is -1.97. The zero-order valence-electron chi connectivity index (χ0n) is 7.70. The molecule has 2 aromatic rings. The van der Waals surface area contributed by atoms with Crippen LogP contribution in [-0.4, -0.2) is 5.16 Å². The minimum Gasteiger partial charge on any atom is -0.390 e. The minimum absolute atomic E-state index is 0.594. The number of fused-ring (bicyclic) bond motifs is 1. The maximum atomic E-state index is 5.67. The number of nitrogens with zero attached hydrogens (tertiary/aromatic N) is 1. The van der Waals surface area contributed by atoms with E-state index in [4.69, 9.17) is 10.3 Å². The summed E-state index contributed by atoms with van der Waals surface area (Å²) in [5, 5.41) is 4.81. The van der Waals surface area contributed by atoms with Gasteiger partial charge in [-0.25, -0.2) is 0 Å². The first-order valence-corrected chi connectivity index (χ1v) is 5.12. The van der Waals surface area contributed by atoms with Crippen molar-refractivity contribution in [1.29, 1.82) is 0 Å². The molecule has 0 atom stereocenters. The normalized spacial score (nSPS) is 11.6. The lowest BCUT2D eigenvalue weighted by molar-refractivity contribution is 0.439. The fraction of sp³-hybridized carbons (Fsp3) is 0.444. The first kappa shape index (κ1) is 8.56. The Morgan fingerprint density at radius 1 is 1.62 bits per heavy atom. The summed E-state index contributed by atoms with van der Waals surface area (Å²) in [6.45, 7) is 4.33. The Morgan fingerprint density at radius 3 is 3.08 bits per heavy atom. The summed E-state index contributed by atoms with van der Waals surface area (Å²) >= 11 is 1.55. The molecule has 0 radical (unpaired) electrons. The largest absolute Gasteiger partial charge is 0.390 e. The molecule has 4 heteroatoms. The van der Waals surface area contributed by atoms with Gasteiger partial charge in [0.1, 0.15) is 5.69 Å². The highest BCUT2D eigenvalue weighted by atomic mass is 32.1. The molecule has 0 saturated carbocycles. The van der Waals surface area contributed by atoms with Crippen molar-refractivity contribution in [3.63, 3.8) is 0 Å². The van der Waals surface area contributed by atoms with E-state index in [1.807, 2.05) is 6.07 Å². The number of hydrogen-bond acceptors (Lipinski definition) is 4. The predicted octanol–water partition coefficient (Wildman–Crippen LogP) is 2.67. The molecule has 0 fully saturated rings. The summed E-state index contributed by atoms with van der Waals surface area (Å²) in [4.78, 5) is 0. The van der Waals surface area contributed by atoms with Crippen molar-refractivity contribution < 1.29 is 4.52 Å². The second-order valence-corrected chi connectivity index (χ2v) is 4.65. The van der Waals surface area contributed by atoms with Gasteiger partial charge in [-0.15, -0.1) is 11.3 Å². The molecule has 0 bridgehead atoms. The van der Waals surface area contributed by atoms with Crippen LogP contribution in [-0.2, 0) is 6.42 Å². The van der Waals surface area contributed by atoms with Gasteiger partial charge < -0.3 is 10.3 Å². The fourth-order valence-electron chi connectivity index (χ4n) is 1.32. The fourth-order valence-corrected chi connectivity index (χ4v) is 2.16. The van der Waals surface area contributed by atoms with E-state index in [-0.39, 0.29) is 0 Å². The van der Waals surface area contributed by atoms with E-state index in [9.17, 15) is 0 Å². The number of rotatable bonds is 2.